The lowest BCUT2D eigenvalue weighted by Crippen LogP contribution is -2.12. The number of hydrogen-bond acceptors (Lipinski definition) is 8. The van der Waals surface area contributed by atoms with Crippen molar-refractivity contribution >= 4 is 45.7 Å². The topological polar surface area (TPSA) is 80.7 Å². The van der Waals surface area contributed by atoms with Gasteiger partial charge >= 0.3 is 0 Å². The fraction of sp³-hybridized carbons (Fsp3) is 0.0833. The summed E-state index contributed by atoms with van der Waals surface area (Å²) >= 11 is 4.06. The van der Waals surface area contributed by atoms with Crippen molar-refractivity contribution in [2.24, 2.45) is 0 Å². The Balaban J connectivity index is 1.57. The number of aromatic nitrogens is 4. The SMILES string of the molecule is O=C(Nc1nnc(SCc2ccccc2)s1)c1csnn1. The normalized spacial score (nSPS) is 10.5. The number of rotatable bonds is 5. The first-order chi connectivity index (χ1) is 10.3. The Bertz CT molecular complexity index is 714. The molecule has 0 aliphatic heterocycles. The molecule has 2 heterocycles. The van der Waals surface area contributed by atoms with Gasteiger partial charge in [0.1, 0.15) is 0 Å². The van der Waals surface area contributed by atoms with E-state index in [9.17, 15) is 4.79 Å². The van der Waals surface area contributed by atoms with Crippen LogP contribution in [0.25, 0.3) is 0 Å². The van der Waals surface area contributed by atoms with Gasteiger partial charge in [-0.1, -0.05) is 57.9 Å². The van der Waals surface area contributed by atoms with Crippen molar-refractivity contribution in [1.82, 2.24) is 19.8 Å². The third-order valence-corrected chi connectivity index (χ3v) is 4.97. The summed E-state index contributed by atoms with van der Waals surface area (Å²) in [5.74, 6) is 0.499. The van der Waals surface area contributed by atoms with Crippen molar-refractivity contribution in [2.45, 2.75) is 10.1 Å². The van der Waals surface area contributed by atoms with Crippen LogP contribution in [0.15, 0.2) is 40.1 Å². The summed E-state index contributed by atoms with van der Waals surface area (Å²) in [5, 5.41) is 16.4. The largest absolute Gasteiger partial charge is 0.295 e. The predicted molar refractivity (Wildman–Crippen MR) is 83.8 cm³/mol. The van der Waals surface area contributed by atoms with Crippen LogP contribution in [0.4, 0.5) is 5.13 Å². The quantitative estimate of drug-likeness (QED) is 0.570. The van der Waals surface area contributed by atoms with E-state index in [0.717, 1.165) is 21.6 Å². The number of hydrogen-bond donors (Lipinski definition) is 1. The summed E-state index contributed by atoms with van der Waals surface area (Å²) in [6.45, 7) is 0. The van der Waals surface area contributed by atoms with Crippen molar-refractivity contribution < 1.29 is 4.79 Å². The Kier molecular flexibility index (Phi) is 4.53. The second kappa shape index (κ2) is 6.74. The minimum absolute atomic E-state index is 0.286. The number of nitrogens with one attached hydrogen (secondary N) is 1. The maximum absolute atomic E-state index is 11.8. The molecule has 3 aromatic rings. The molecule has 0 saturated carbocycles. The lowest BCUT2D eigenvalue weighted by molar-refractivity contribution is 0.102. The van der Waals surface area contributed by atoms with Crippen LogP contribution < -0.4 is 5.32 Å². The van der Waals surface area contributed by atoms with Gasteiger partial charge < -0.3 is 0 Å². The smallest absolute Gasteiger partial charge is 0.278 e. The molecule has 0 spiro atoms. The van der Waals surface area contributed by atoms with Gasteiger partial charge in [0, 0.05) is 11.1 Å². The highest BCUT2D eigenvalue weighted by molar-refractivity contribution is 8.00. The van der Waals surface area contributed by atoms with Gasteiger partial charge in [-0.05, 0) is 17.1 Å². The standard InChI is InChI=1S/C12H9N5OS3/c18-10(9-7-20-17-14-9)13-11-15-16-12(21-11)19-6-8-4-2-1-3-5-8/h1-5,7H,6H2,(H,13,15,18). The minimum atomic E-state index is -0.320. The molecule has 0 unspecified atom stereocenters. The highest BCUT2D eigenvalue weighted by Crippen LogP contribution is 2.28. The van der Waals surface area contributed by atoms with Crippen molar-refractivity contribution in [1.29, 1.82) is 0 Å². The third-order valence-electron chi connectivity index (χ3n) is 2.42. The minimum Gasteiger partial charge on any atom is -0.295 e. The van der Waals surface area contributed by atoms with Gasteiger partial charge in [0.2, 0.25) is 5.13 Å². The summed E-state index contributed by atoms with van der Waals surface area (Å²) < 4.78 is 4.46. The van der Waals surface area contributed by atoms with Gasteiger partial charge in [0.25, 0.3) is 5.91 Å². The Labute approximate surface area is 132 Å². The van der Waals surface area contributed by atoms with Crippen LogP contribution >= 0.6 is 34.6 Å². The molecule has 3 rings (SSSR count). The number of carbonyl (C=O) groups excluding carboxylic acids is 1. The second-order valence-electron chi connectivity index (χ2n) is 3.89. The monoisotopic (exact) mass is 335 g/mol. The molecule has 0 radical (unpaired) electrons. The van der Waals surface area contributed by atoms with E-state index in [2.05, 4.69) is 37.2 Å². The van der Waals surface area contributed by atoms with Crippen LogP contribution in [0.1, 0.15) is 16.1 Å². The maximum atomic E-state index is 11.8. The molecule has 0 atom stereocenters. The van der Waals surface area contributed by atoms with Crippen LogP contribution in [0.2, 0.25) is 0 Å². The van der Waals surface area contributed by atoms with E-state index >= 15 is 0 Å². The zero-order valence-electron chi connectivity index (χ0n) is 10.6. The van der Waals surface area contributed by atoms with E-state index < -0.39 is 0 Å². The molecular formula is C12H9N5OS3. The number of thioether (sulfide) groups is 1. The lowest BCUT2D eigenvalue weighted by atomic mass is 10.2. The zero-order valence-corrected chi connectivity index (χ0v) is 13.0. The fourth-order valence-electron chi connectivity index (χ4n) is 1.46. The summed E-state index contributed by atoms with van der Waals surface area (Å²) in [6.07, 6.45) is 0. The van der Waals surface area contributed by atoms with Gasteiger partial charge in [-0.15, -0.1) is 15.3 Å². The Morgan fingerprint density at radius 2 is 2.05 bits per heavy atom. The molecule has 1 N–H and O–H groups in total. The Hall–Kier alpha value is -1.84. The summed E-state index contributed by atoms with van der Waals surface area (Å²) in [7, 11) is 0. The molecule has 0 fully saturated rings. The van der Waals surface area contributed by atoms with Crippen molar-refractivity contribution in [3.05, 3.63) is 47.0 Å². The molecule has 1 amide bonds. The van der Waals surface area contributed by atoms with Gasteiger partial charge in [0.15, 0.2) is 10.0 Å². The first kappa shape index (κ1) is 14.1. The molecule has 0 bridgehead atoms. The van der Waals surface area contributed by atoms with Crippen LogP contribution in [0.3, 0.4) is 0 Å². The molecule has 1 aromatic carbocycles. The van der Waals surface area contributed by atoms with Crippen LogP contribution in [0.5, 0.6) is 0 Å². The van der Waals surface area contributed by atoms with Gasteiger partial charge in [0.05, 0.1) is 0 Å². The highest BCUT2D eigenvalue weighted by atomic mass is 32.2. The van der Waals surface area contributed by atoms with E-state index in [4.69, 9.17) is 0 Å². The predicted octanol–water partition coefficient (Wildman–Crippen LogP) is 2.93. The number of amides is 1. The highest BCUT2D eigenvalue weighted by Gasteiger charge is 2.12. The summed E-state index contributed by atoms with van der Waals surface area (Å²) in [5.41, 5.74) is 1.51. The number of anilines is 1. The van der Waals surface area contributed by atoms with Crippen LogP contribution in [0, 0.1) is 0 Å². The Morgan fingerprint density at radius 1 is 1.19 bits per heavy atom. The third kappa shape index (κ3) is 3.84. The van der Waals surface area contributed by atoms with Gasteiger partial charge in [-0.3, -0.25) is 10.1 Å². The van der Waals surface area contributed by atoms with Gasteiger partial charge in [-0.25, -0.2) is 0 Å². The zero-order chi connectivity index (χ0) is 14.5. The first-order valence-electron chi connectivity index (χ1n) is 5.90. The fourth-order valence-corrected chi connectivity index (χ4v) is 3.60. The number of benzene rings is 1. The summed E-state index contributed by atoms with van der Waals surface area (Å²) in [6, 6.07) is 10.1. The van der Waals surface area contributed by atoms with E-state index in [1.807, 2.05) is 18.2 Å². The first-order valence-corrected chi connectivity index (χ1v) is 8.54. The lowest BCUT2D eigenvalue weighted by Gasteiger charge is -1.97. The average molecular weight is 335 g/mol. The van der Waals surface area contributed by atoms with Gasteiger partial charge in [-0.2, -0.15) is 0 Å². The van der Waals surface area contributed by atoms with Crippen molar-refractivity contribution in [3.63, 3.8) is 0 Å². The molecule has 21 heavy (non-hydrogen) atoms. The molecule has 0 aliphatic carbocycles. The number of nitrogens with zero attached hydrogens (tertiary/aromatic N) is 4. The van der Waals surface area contributed by atoms with Crippen molar-refractivity contribution in [3.8, 4) is 0 Å². The Morgan fingerprint density at radius 3 is 2.81 bits per heavy atom. The molecule has 6 nitrogen and oxygen atoms in total. The van der Waals surface area contributed by atoms with Crippen LogP contribution in [-0.2, 0) is 5.75 Å². The van der Waals surface area contributed by atoms with E-state index in [0.29, 0.717) is 5.13 Å². The maximum Gasteiger partial charge on any atom is 0.278 e. The van der Waals surface area contributed by atoms with E-state index in [1.54, 1.807) is 17.1 Å². The molecule has 2 aromatic heterocycles. The summed E-state index contributed by atoms with van der Waals surface area (Å²) in [4.78, 5) is 11.8. The van der Waals surface area contributed by atoms with Crippen LogP contribution in [-0.4, -0.2) is 25.7 Å². The molecule has 0 saturated heterocycles. The van der Waals surface area contributed by atoms with E-state index in [1.165, 1.54) is 16.9 Å². The van der Waals surface area contributed by atoms with E-state index in [-0.39, 0.29) is 11.6 Å². The molecule has 0 aliphatic rings. The second-order valence-corrected chi connectivity index (χ2v) is 6.70. The number of carbonyl (C=O) groups is 1. The van der Waals surface area contributed by atoms with Crippen molar-refractivity contribution in [2.75, 3.05) is 5.32 Å². The molecular weight excluding hydrogens is 326 g/mol. The molecule has 106 valence electrons. The average Bonchev–Trinajstić information content (AvgIpc) is 3.18. The molecule has 9 heteroatoms.